The molecule has 1 unspecified atom stereocenters. The minimum atomic E-state index is -0.161. The second-order valence-corrected chi connectivity index (χ2v) is 5.60. The van der Waals surface area contributed by atoms with Gasteiger partial charge in [0, 0.05) is 18.8 Å². The van der Waals surface area contributed by atoms with Gasteiger partial charge in [-0.1, -0.05) is 23.8 Å². The third kappa shape index (κ3) is 2.97. The first-order valence-electron chi connectivity index (χ1n) is 7.42. The van der Waals surface area contributed by atoms with E-state index < -0.39 is 0 Å². The summed E-state index contributed by atoms with van der Waals surface area (Å²) in [4.78, 5) is 12.6. The van der Waals surface area contributed by atoms with Crippen molar-refractivity contribution in [2.24, 2.45) is 0 Å². The van der Waals surface area contributed by atoms with Crippen LogP contribution in [0.5, 0.6) is 5.75 Å². The number of carbonyl (C=O) groups excluding carboxylic acids is 1. The van der Waals surface area contributed by atoms with Crippen LogP contribution in [0.3, 0.4) is 0 Å². The van der Waals surface area contributed by atoms with Crippen molar-refractivity contribution in [2.45, 2.75) is 19.4 Å². The van der Waals surface area contributed by atoms with Gasteiger partial charge in [0.1, 0.15) is 5.75 Å². The van der Waals surface area contributed by atoms with Gasteiger partial charge in [-0.25, -0.2) is 0 Å². The van der Waals surface area contributed by atoms with Gasteiger partial charge in [0.25, 0.3) is 0 Å². The van der Waals surface area contributed by atoms with Crippen LogP contribution in [0, 0.1) is 6.92 Å². The Bertz CT molecular complexity index is 680. The van der Waals surface area contributed by atoms with Gasteiger partial charge in [0.2, 0.25) is 5.91 Å². The molecule has 0 bridgehead atoms. The zero-order valence-corrected chi connectivity index (χ0v) is 12.8. The number of hydrogen-bond acceptors (Lipinski definition) is 3. The molecule has 1 aliphatic rings. The van der Waals surface area contributed by atoms with Crippen molar-refractivity contribution in [1.82, 2.24) is 5.32 Å². The molecule has 1 heterocycles. The molecule has 4 nitrogen and oxygen atoms in total. The molecular weight excluding hydrogens is 276 g/mol. The smallest absolute Gasteiger partial charge is 0.233 e. The van der Waals surface area contributed by atoms with Crippen LogP contribution in [0.4, 0.5) is 5.69 Å². The number of anilines is 1. The average molecular weight is 296 g/mol. The third-order valence-electron chi connectivity index (χ3n) is 4.01. The monoisotopic (exact) mass is 296 g/mol. The van der Waals surface area contributed by atoms with Gasteiger partial charge in [-0.15, -0.1) is 0 Å². The number of ether oxygens (including phenoxy) is 1. The number of hydrogen-bond donors (Lipinski definition) is 2. The fraction of sp³-hybridized carbons (Fsp3) is 0.278. The van der Waals surface area contributed by atoms with Gasteiger partial charge < -0.3 is 15.4 Å². The van der Waals surface area contributed by atoms with Gasteiger partial charge in [-0.05, 0) is 42.3 Å². The van der Waals surface area contributed by atoms with Crippen molar-refractivity contribution in [3.63, 3.8) is 0 Å². The van der Waals surface area contributed by atoms with Crippen LogP contribution in [0.15, 0.2) is 42.5 Å². The zero-order chi connectivity index (χ0) is 15.5. The summed E-state index contributed by atoms with van der Waals surface area (Å²) in [6.45, 7) is 3.54. The lowest BCUT2D eigenvalue weighted by atomic mass is 9.89. The molecule has 1 aliphatic heterocycles. The highest BCUT2D eigenvalue weighted by atomic mass is 16.5. The highest BCUT2D eigenvalue weighted by molar-refractivity contribution is 5.96. The Morgan fingerprint density at radius 1 is 1.23 bits per heavy atom. The zero-order valence-electron chi connectivity index (χ0n) is 12.8. The molecule has 0 aliphatic carbocycles. The molecule has 2 aromatic carbocycles. The van der Waals surface area contributed by atoms with E-state index in [0.717, 1.165) is 23.5 Å². The van der Waals surface area contributed by atoms with E-state index in [1.165, 1.54) is 11.1 Å². The van der Waals surface area contributed by atoms with E-state index in [0.29, 0.717) is 6.54 Å². The Labute approximate surface area is 130 Å². The Kier molecular flexibility index (Phi) is 4.11. The fourth-order valence-electron chi connectivity index (χ4n) is 2.80. The van der Waals surface area contributed by atoms with E-state index >= 15 is 0 Å². The number of nitrogens with one attached hydrogen (secondary N) is 2. The third-order valence-corrected chi connectivity index (χ3v) is 4.01. The highest BCUT2D eigenvalue weighted by Gasteiger charge is 2.26. The first-order valence-corrected chi connectivity index (χ1v) is 7.42. The van der Waals surface area contributed by atoms with E-state index in [2.05, 4.69) is 35.8 Å². The Balaban J connectivity index is 1.79. The second kappa shape index (κ2) is 6.20. The number of aryl methyl sites for hydroxylation is 1. The minimum absolute atomic E-state index is 0.0178. The van der Waals surface area contributed by atoms with E-state index in [4.69, 9.17) is 4.74 Å². The maximum absolute atomic E-state index is 12.6. The van der Waals surface area contributed by atoms with Gasteiger partial charge in [-0.3, -0.25) is 4.79 Å². The lowest BCUT2D eigenvalue weighted by Gasteiger charge is -2.26. The molecule has 0 aromatic heterocycles. The predicted octanol–water partition coefficient (Wildman–Crippen LogP) is 2.83. The van der Waals surface area contributed by atoms with Crippen LogP contribution >= 0.6 is 0 Å². The van der Waals surface area contributed by atoms with Gasteiger partial charge in [0.05, 0.1) is 13.0 Å². The van der Waals surface area contributed by atoms with Crippen molar-refractivity contribution in [2.75, 3.05) is 19.0 Å². The van der Waals surface area contributed by atoms with Crippen molar-refractivity contribution in [3.05, 3.63) is 59.2 Å². The minimum Gasteiger partial charge on any atom is -0.497 e. The summed E-state index contributed by atoms with van der Waals surface area (Å²) in [5.74, 6) is 0.633. The molecule has 2 aromatic rings. The number of benzene rings is 2. The molecule has 0 saturated carbocycles. The SMILES string of the molecule is COc1ccc(NC(=O)C2CNCc3ccc(C)cc32)cc1. The van der Waals surface area contributed by atoms with E-state index in [9.17, 15) is 4.79 Å². The van der Waals surface area contributed by atoms with Crippen molar-refractivity contribution >= 4 is 11.6 Å². The van der Waals surface area contributed by atoms with Crippen molar-refractivity contribution < 1.29 is 9.53 Å². The number of fused-ring (bicyclic) bond motifs is 1. The number of amides is 1. The summed E-state index contributed by atoms with van der Waals surface area (Å²) >= 11 is 0. The van der Waals surface area contributed by atoms with Crippen molar-refractivity contribution in [1.29, 1.82) is 0 Å². The Morgan fingerprint density at radius 3 is 2.73 bits per heavy atom. The first-order chi connectivity index (χ1) is 10.7. The molecule has 0 fully saturated rings. The van der Waals surface area contributed by atoms with Crippen LogP contribution in [-0.2, 0) is 11.3 Å². The van der Waals surface area contributed by atoms with E-state index in [1.54, 1.807) is 7.11 Å². The van der Waals surface area contributed by atoms with Crippen LogP contribution in [0.1, 0.15) is 22.6 Å². The van der Waals surface area contributed by atoms with Crippen LogP contribution < -0.4 is 15.4 Å². The molecule has 4 heteroatoms. The summed E-state index contributed by atoms with van der Waals surface area (Å²) in [5.41, 5.74) is 4.30. The van der Waals surface area contributed by atoms with Gasteiger partial charge >= 0.3 is 0 Å². The Hall–Kier alpha value is -2.33. The average Bonchev–Trinajstić information content (AvgIpc) is 2.55. The second-order valence-electron chi connectivity index (χ2n) is 5.60. The molecule has 0 saturated heterocycles. The maximum atomic E-state index is 12.6. The summed E-state index contributed by atoms with van der Waals surface area (Å²) in [6, 6.07) is 13.7. The molecule has 0 spiro atoms. The molecule has 3 rings (SSSR count). The summed E-state index contributed by atoms with van der Waals surface area (Å²) < 4.78 is 5.13. The van der Waals surface area contributed by atoms with Crippen LogP contribution in [0.2, 0.25) is 0 Å². The molecular formula is C18H20N2O2. The first kappa shape index (κ1) is 14.6. The molecule has 1 amide bonds. The lowest BCUT2D eigenvalue weighted by molar-refractivity contribution is -0.117. The lowest BCUT2D eigenvalue weighted by Crippen LogP contribution is -2.35. The summed E-state index contributed by atoms with van der Waals surface area (Å²) in [5, 5.41) is 6.30. The van der Waals surface area contributed by atoms with Gasteiger partial charge in [0.15, 0.2) is 0 Å². The topological polar surface area (TPSA) is 50.4 Å². The Morgan fingerprint density at radius 2 is 2.00 bits per heavy atom. The normalized spacial score (nSPS) is 16.7. The highest BCUT2D eigenvalue weighted by Crippen LogP contribution is 2.26. The van der Waals surface area contributed by atoms with Crippen molar-refractivity contribution in [3.8, 4) is 5.75 Å². The standard InChI is InChI=1S/C18H20N2O2/c1-12-3-4-13-10-19-11-17(16(13)9-12)18(21)20-14-5-7-15(22-2)8-6-14/h3-9,17,19H,10-11H2,1-2H3,(H,20,21). The largest absolute Gasteiger partial charge is 0.497 e. The molecule has 1 atom stereocenters. The molecule has 22 heavy (non-hydrogen) atoms. The summed E-state index contributed by atoms with van der Waals surface area (Å²) in [6.07, 6.45) is 0. The van der Waals surface area contributed by atoms with Crippen LogP contribution in [-0.4, -0.2) is 19.6 Å². The molecule has 0 radical (unpaired) electrons. The maximum Gasteiger partial charge on any atom is 0.233 e. The van der Waals surface area contributed by atoms with Gasteiger partial charge in [-0.2, -0.15) is 0 Å². The quantitative estimate of drug-likeness (QED) is 0.915. The predicted molar refractivity (Wildman–Crippen MR) is 87.3 cm³/mol. The number of rotatable bonds is 3. The van der Waals surface area contributed by atoms with Crippen LogP contribution in [0.25, 0.3) is 0 Å². The summed E-state index contributed by atoms with van der Waals surface area (Å²) in [7, 11) is 1.63. The number of carbonyl (C=O) groups is 1. The van der Waals surface area contributed by atoms with E-state index in [-0.39, 0.29) is 11.8 Å². The molecule has 114 valence electrons. The fourth-order valence-corrected chi connectivity index (χ4v) is 2.80. The molecule has 2 N–H and O–H groups in total. The van der Waals surface area contributed by atoms with E-state index in [1.807, 2.05) is 24.3 Å². The number of methoxy groups -OCH3 is 1.